The quantitative estimate of drug-likeness (QED) is 0.157. The molecule has 9 heteroatoms. The van der Waals surface area contributed by atoms with Crippen LogP contribution in [0.25, 0.3) is 0 Å². The van der Waals surface area contributed by atoms with E-state index in [9.17, 15) is 9.90 Å². The molecule has 3 heterocycles. The van der Waals surface area contributed by atoms with Crippen LogP contribution in [0.3, 0.4) is 0 Å². The lowest BCUT2D eigenvalue weighted by Crippen LogP contribution is -2.64. The molecule has 1 fully saturated rings. The Labute approximate surface area is 290 Å². The Balaban J connectivity index is 1.54. The number of piperidine rings is 1. The van der Waals surface area contributed by atoms with Crippen molar-refractivity contribution in [3.63, 3.8) is 0 Å². The van der Waals surface area contributed by atoms with E-state index in [1.54, 1.807) is 38.6 Å². The van der Waals surface area contributed by atoms with Crippen molar-refractivity contribution >= 4 is 11.9 Å². The van der Waals surface area contributed by atoms with Crippen LogP contribution in [0.2, 0.25) is 0 Å². The van der Waals surface area contributed by atoms with Crippen molar-refractivity contribution in [2.75, 3.05) is 27.9 Å². The molecule has 3 aromatic rings. The molecule has 1 aromatic carbocycles. The van der Waals surface area contributed by atoms with Crippen LogP contribution in [0, 0.1) is 11.8 Å². The largest absolute Gasteiger partial charge is 0.493 e. The number of nitrogens with zero attached hydrogens (tertiary/aromatic N) is 3. The minimum atomic E-state index is -1.32. The number of hydrogen-bond acceptors (Lipinski definition) is 7. The van der Waals surface area contributed by atoms with E-state index >= 15 is 4.79 Å². The Morgan fingerprint density at radius 3 is 2.04 bits per heavy atom. The Hall–Kier alpha value is -4.40. The van der Waals surface area contributed by atoms with E-state index in [4.69, 9.17) is 14.2 Å². The molecule has 9 nitrogen and oxygen atoms in total. The number of methoxy groups -OCH3 is 3. The molecule has 0 spiro atoms. The van der Waals surface area contributed by atoms with Crippen LogP contribution in [0.15, 0.2) is 73.3 Å². The smallest absolute Gasteiger partial charge is 0.329 e. The number of aryl methyl sites for hydroxylation is 2. The number of rotatable bonds is 16. The van der Waals surface area contributed by atoms with Crippen LogP contribution in [-0.2, 0) is 22.4 Å². The third-order valence-electron chi connectivity index (χ3n) is 10.5. The summed E-state index contributed by atoms with van der Waals surface area (Å²) in [5.41, 5.74) is 1.68. The summed E-state index contributed by atoms with van der Waals surface area (Å²) in [6, 6.07) is 11.7. The third-order valence-corrected chi connectivity index (χ3v) is 10.5. The normalized spacial score (nSPS) is 19.8. The lowest BCUT2D eigenvalue weighted by atomic mass is 9.70. The maximum Gasteiger partial charge on any atom is 0.329 e. The standard InChI is InChI=1S/C40H51N3O6/c1-47-34-25-32(26-35(48-2)37(34)49-3)36(31-17-5-4-6-18-31)38(44)43-24-8-7-21-40(43,39(45)46)33(19-9-13-29-15-11-22-41-27-29)20-10-14-30-16-12-23-42-28-30/h5,11-12,15-17,22-23,25-28,31,33,36H,4,6-10,13-14,18-21,24H2,1-3H3,(H,45,46)/t31-,36?,40?/m1/s1. The maximum atomic E-state index is 15.3. The summed E-state index contributed by atoms with van der Waals surface area (Å²) < 4.78 is 17.0. The third kappa shape index (κ3) is 8.26. The molecule has 1 aliphatic carbocycles. The average Bonchev–Trinajstić information content (AvgIpc) is 3.15. The molecule has 5 rings (SSSR count). The predicted octanol–water partition coefficient (Wildman–Crippen LogP) is 7.44. The van der Waals surface area contributed by atoms with Gasteiger partial charge in [-0.1, -0.05) is 24.3 Å². The summed E-state index contributed by atoms with van der Waals surface area (Å²) >= 11 is 0. The Morgan fingerprint density at radius 1 is 0.918 bits per heavy atom. The van der Waals surface area contributed by atoms with E-state index in [2.05, 4.69) is 34.3 Å². The number of aliphatic carboxylic acids is 1. The first kappa shape index (κ1) is 35.9. The van der Waals surface area contributed by atoms with Crippen LogP contribution in [0.1, 0.15) is 86.8 Å². The highest BCUT2D eigenvalue weighted by atomic mass is 16.5. The zero-order valence-corrected chi connectivity index (χ0v) is 29.2. The summed E-state index contributed by atoms with van der Waals surface area (Å²) in [6.07, 6.45) is 20.9. The van der Waals surface area contributed by atoms with Gasteiger partial charge in [-0.25, -0.2) is 4.79 Å². The first-order valence-electron chi connectivity index (χ1n) is 17.7. The van der Waals surface area contributed by atoms with Gasteiger partial charge in [0, 0.05) is 31.3 Å². The topological polar surface area (TPSA) is 111 Å². The fourth-order valence-corrected chi connectivity index (χ4v) is 8.08. The Kier molecular flexibility index (Phi) is 12.7. The van der Waals surface area contributed by atoms with Gasteiger partial charge < -0.3 is 24.2 Å². The summed E-state index contributed by atoms with van der Waals surface area (Å²) in [5, 5.41) is 11.3. The molecular weight excluding hydrogens is 618 g/mol. The van der Waals surface area contributed by atoms with Crippen molar-refractivity contribution in [2.24, 2.45) is 11.8 Å². The molecule has 0 saturated carbocycles. The Morgan fingerprint density at radius 2 is 1.55 bits per heavy atom. The lowest BCUT2D eigenvalue weighted by molar-refractivity contribution is -0.169. The molecule has 1 aliphatic heterocycles. The van der Waals surface area contributed by atoms with E-state index in [1.807, 2.05) is 36.7 Å². The number of hydrogen-bond donors (Lipinski definition) is 1. The molecule has 0 bridgehead atoms. The van der Waals surface area contributed by atoms with Crippen LogP contribution < -0.4 is 14.2 Å². The number of likely N-dealkylation sites (tertiary alicyclic amines) is 1. The average molecular weight is 670 g/mol. The van der Waals surface area contributed by atoms with Gasteiger partial charge in [0.1, 0.15) is 5.54 Å². The SMILES string of the molecule is COc1cc(C(C(=O)N2CCCCC2(C(=O)O)C(CCCc2cccnc2)CCCc2cccnc2)[C@@H]2C=CCCC2)cc(OC)c1OC. The van der Waals surface area contributed by atoms with E-state index in [1.165, 1.54) is 0 Å². The molecule has 1 N–H and O–H groups in total. The van der Waals surface area contributed by atoms with Gasteiger partial charge in [-0.05, 0) is 130 Å². The predicted molar refractivity (Wildman–Crippen MR) is 189 cm³/mol. The van der Waals surface area contributed by atoms with Crippen molar-refractivity contribution < 1.29 is 28.9 Å². The van der Waals surface area contributed by atoms with Crippen molar-refractivity contribution in [1.29, 1.82) is 0 Å². The summed E-state index contributed by atoms with van der Waals surface area (Å²) in [4.78, 5) is 39.4. The highest BCUT2D eigenvalue weighted by molar-refractivity contribution is 5.92. The van der Waals surface area contributed by atoms with Crippen LogP contribution >= 0.6 is 0 Å². The number of pyridine rings is 2. The van der Waals surface area contributed by atoms with Crippen molar-refractivity contribution in [3.8, 4) is 17.2 Å². The summed E-state index contributed by atoms with van der Waals surface area (Å²) in [6.45, 7) is 0.407. The molecule has 2 unspecified atom stereocenters. The van der Waals surface area contributed by atoms with Gasteiger partial charge in [0.15, 0.2) is 11.5 Å². The number of allylic oxidation sites excluding steroid dienone is 2. The number of aromatic nitrogens is 2. The van der Waals surface area contributed by atoms with Gasteiger partial charge in [0.2, 0.25) is 11.7 Å². The summed E-state index contributed by atoms with van der Waals surface area (Å²) in [5.74, 6) is -0.568. The van der Waals surface area contributed by atoms with Crippen LogP contribution in [0.4, 0.5) is 0 Å². The van der Waals surface area contributed by atoms with Gasteiger partial charge >= 0.3 is 5.97 Å². The fraction of sp³-hybridized carbons (Fsp3) is 0.500. The molecule has 262 valence electrons. The molecule has 1 saturated heterocycles. The molecule has 2 aliphatic rings. The summed E-state index contributed by atoms with van der Waals surface area (Å²) in [7, 11) is 4.70. The number of carbonyl (C=O) groups is 2. The Bertz CT molecular complexity index is 1480. The number of carboxylic acids is 1. The van der Waals surface area contributed by atoms with Gasteiger partial charge in [-0.2, -0.15) is 0 Å². The van der Waals surface area contributed by atoms with E-state index in [-0.39, 0.29) is 17.7 Å². The fourth-order valence-electron chi connectivity index (χ4n) is 8.08. The molecule has 3 atom stereocenters. The molecule has 49 heavy (non-hydrogen) atoms. The van der Waals surface area contributed by atoms with Gasteiger partial charge in [0.25, 0.3) is 0 Å². The van der Waals surface area contributed by atoms with Crippen molar-refractivity contribution in [3.05, 3.63) is 90.0 Å². The second-order valence-electron chi connectivity index (χ2n) is 13.3. The van der Waals surface area contributed by atoms with Crippen molar-refractivity contribution in [1.82, 2.24) is 14.9 Å². The van der Waals surface area contributed by atoms with E-state index < -0.39 is 17.4 Å². The first-order valence-corrected chi connectivity index (χ1v) is 17.7. The number of benzene rings is 1. The van der Waals surface area contributed by atoms with Gasteiger partial charge in [-0.3, -0.25) is 14.8 Å². The van der Waals surface area contributed by atoms with Crippen molar-refractivity contribution in [2.45, 2.75) is 88.5 Å². The zero-order chi connectivity index (χ0) is 34.6. The molecule has 1 amide bonds. The molecule has 0 radical (unpaired) electrons. The first-order chi connectivity index (χ1) is 23.9. The lowest BCUT2D eigenvalue weighted by Gasteiger charge is -2.50. The van der Waals surface area contributed by atoms with E-state index in [0.29, 0.717) is 43.1 Å². The number of ether oxygens (including phenoxy) is 3. The maximum absolute atomic E-state index is 15.3. The van der Waals surface area contributed by atoms with Crippen LogP contribution in [-0.4, -0.2) is 65.3 Å². The van der Waals surface area contributed by atoms with Gasteiger partial charge in [0.05, 0.1) is 27.2 Å². The monoisotopic (exact) mass is 669 g/mol. The van der Waals surface area contributed by atoms with Gasteiger partial charge in [-0.15, -0.1) is 0 Å². The second kappa shape index (κ2) is 17.3. The number of carbonyl (C=O) groups excluding carboxylic acids is 1. The minimum Gasteiger partial charge on any atom is -0.493 e. The number of carboxylic acid groups (broad SMARTS) is 1. The molecule has 2 aromatic heterocycles. The molecular formula is C40H51N3O6. The highest BCUT2D eigenvalue weighted by Crippen LogP contribution is 2.47. The zero-order valence-electron chi connectivity index (χ0n) is 29.2. The van der Waals surface area contributed by atoms with Crippen LogP contribution in [0.5, 0.6) is 17.2 Å². The second-order valence-corrected chi connectivity index (χ2v) is 13.3. The minimum absolute atomic E-state index is 0.0907. The highest BCUT2D eigenvalue weighted by Gasteiger charge is 2.54. The van der Waals surface area contributed by atoms with E-state index in [0.717, 1.165) is 74.5 Å². The number of amides is 1.